The van der Waals surface area contributed by atoms with Crippen LogP contribution in [-0.2, 0) is 20.7 Å². The molecule has 9 nitrogen and oxygen atoms in total. The normalized spacial score (nSPS) is 16.8. The molecule has 1 saturated heterocycles. The number of halogens is 1. The van der Waals surface area contributed by atoms with Crippen molar-refractivity contribution in [2.45, 2.75) is 101 Å². The molecule has 0 atom stereocenters. The van der Waals surface area contributed by atoms with Crippen molar-refractivity contribution in [1.82, 2.24) is 9.80 Å². The maximum absolute atomic E-state index is 14.3. The Bertz CT molecular complexity index is 1430. The third kappa shape index (κ3) is 12.7. The summed E-state index contributed by atoms with van der Waals surface area (Å²) in [7, 11) is 0. The van der Waals surface area contributed by atoms with Crippen molar-refractivity contribution in [3.05, 3.63) is 88.4 Å². The van der Waals surface area contributed by atoms with Gasteiger partial charge in [0.25, 0.3) is 0 Å². The molecular formula is C38H57FN4O5. The lowest BCUT2D eigenvalue weighted by molar-refractivity contribution is -0.136. The molecule has 48 heavy (non-hydrogen) atoms. The van der Waals surface area contributed by atoms with Crippen molar-refractivity contribution in [2.75, 3.05) is 31.6 Å². The van der Waals surface area contributed by atoms with E-state index < -0.39 is 23.5 Å². The van der Waals surface area contributed by atoms with Gasteiger partial charge >= 0.3 is 12.1 Å². The second-order valence-electron chi connectivity index (χ2n) is 11.9. The number of allylic oxidation sites excluding steroid dienone is 4. The van der Waals surface area contributed by atoms with Crippen molar-refractivity contribution in [2.24, 2.45) is 4.99 Å². The Morgan fingerprint density at radius 2 is 1.83 bits per heavy atom. The van der Waals surface area contributed by atoms with Crippen LogP contribution in [-0.4, -0.2) is 64.6 Å². The molecule has 3 rings (SSSR count). The lowest BCUT2D eigenvalue weighted by Crippen LogP contribution is -2.42. The number of aliphatic imine (C=N–C) groups is 1. The van der Waals surface area contributed by atoms with Gasteiger partial charge in [-0.25, -0.2) is 14.2 Å². The molecule has 2 aliphatic rings. The summed E-state index contributed by atoms with van der Waals surface area (Å²) in [4.78, 5) is 32.5. The predicted molar refractivity (Wildman–Crippen MR) is 194 cm³/mol. The van der Waals surface area contributed by atoms with Crippen LogP contribution in [0.1, 0.15) is 94.6 Å². The van der Waals surface area contributed by atoms with Gasteiger partial charge in [-0.3, -0.25) is 9.69 Å². The summed E-state index contributed by atoms with van der Waals surface area (Å²) in [5, 5.41) is 12.0. The molecule has 1 fully saturated rings. The lowest BCUT2D eigenvalue weighted by Gasteiger charge is -2.37. The highest BCUT2D eigenvalue weighted by molar-refractivity contribution is 5.94. The molecule has 10 heteroatoms. The number of carboxylic acids is 1. The molecular weight excluding hydrogens is 611 g/mol. The summed E-state index contributed by atoms with van der Waals surface area (Å²) in [6, 6.07) is 4.35. The number of carbonyl (C=O) groups excluding carboxylic acids is 1. The maximum Gasteiger partial charge on any atom is 0.415 e. The number of carbonyl (C=O) groups is 2. The van der Waals surface area contributed by atoms with Gasteiger partial charge in [-0.2, -0.15) is 0 Å². The molecule has 266 valence electrons. The molecule has 2 aliphatic heterocycles. The fourth-order valence-electron chi connectivity index (χ4n) is 5.00. The van der Waals surface area contributed by atoms with E-state index in [0.29, 0.717) is 55.6 Å². The fourth-order valence-corrected chi connectivity index (χ4v) is 5.00. The zero-order valence-electron chi connectivity index (χ0n) is 30.9. The van der Waals surface area contributed by atoms with Crippen molar-refractivity contribution >= 4 is 23.6 Å². The second kappa shape index (κ2) is 20.1. The molecule has 0 aromatic heterocycles. The molecule has 0 unspecified atom stereocenters. The van der Waals surface area contributed by atoms with E-state index in [4.69, 9.17) is 14.6 Å². The van der Waals surface area contributed by atoms with Crippen LogP contribution in [0.5, 0.6) is 0 Å². The van der Waals surface area contributed by atoms with Crippen molar-refractivity contribution < 1.29 is 28.6 Å². The van der Waals surface area contributed by atoms with E-state index in [1.807, 2.05) is 62.3 Å². The molecule has 0 spiro atoms. The molecule has 2 heterocycles. The minimum absolute atomic E-state index is 0.125. The van der Waals surface area contributed by atoms with Gasteiger partial charge in [0.2, 0.25) is 0 Å². The Balaban J connectivity index is 0.00000277. The maximum atomic E-state index is 14.3. The number of rotatable bonds is 8. The van der Waals surface area contributed by atoms with E-state index in [2.05, 4.69) is 40.9 Å². The number of aliphatic carboxylic acids is 1. The molecule has 0 bridgehead atoms. The van der Waals surface area contributed by atoms with Crippen LogP contribution in [0.25, 0.3) is 0 Å². The first-order chi connectivity index (χ1) is 22.7. The first kappa shape index (κ1) is 41.7. The fraction of sp³-hybridized carbons (Fsp3) is 0.500. The molecule has 1 aromatic rings. The number of benzene rings is 1. The minimum Gasteiger partial charge on any atom is -0.494 e. The van der Waals surface area contributed by atoms with Gasteiger partial charge in [0.15, 0.2) is 0 Å². The number of carboxylic acid groups (broad SMARTS) is 1. The van der Waals surface area contributed by atoms with E-state index >= 15 is 0 Å². The summed E-state index contributed by atoms with van der Waals surface area (Å²) in [6.07, 6.45) is 6.75. The van der Waals surface area contributed by atoms with Crippen LogP contribution in [0.2, 0.25) is 0 Å². The summed E-state index contributed by atoms with van der Waals surface area (Å²) >= 11 is 0. The average molecular weight is 669 g/mol. The van der Waals surface area contributed by atoms with Crippen molar-refractivity contribution in [1.29, 1.82) is 0 Å². The summed E-state index contributed by atoms with van der Waals surface area (Å²) in [6.45, 7) is 27.7. The number of nitrogens with one attached hydrogen (secondary N) is 1. The zero-order valence-corrected chi connectivity index (χ0v) is 30.9. The van der Waals surface area contributed by atoms with Gasteiger partial charge in [0.05, 0.1) is 18.7 Å². The Hall–Kier alpha value is -4.34. The molecule has 0 aliphatic carbocycles. The first-order valence-electron chi connectivity index (χ1n) is 16.9. The van der Waals surface area contributed by atoms with Crippen LogP contribution in [0.3, 0.4) is 0 Å². The zero-order chi connectivity index (χ0) is 36.6. The smallest absolute Gasteiger partial charge is 0.415 e. The first-order valence-corrected chi connectivity index (χ1v) is 16.9. The standard InChI is InChI=1S/C34H45FN4O5.2C2H6/c1-9-10-11-30(23(3)32-24(4)43-17-16-39(32)33(42)44-34(6,7)8)38-15-14-27(22(2)21-38)20-36-25(5)37-28-13-12-26(18-31(40)41)29(35)19-28;2*1-2/h10-13,19-20H,2,9,14-18,21H2,1,3-8H3,(H,36,37)(H,40,41);2*1-2H3/b11-10+,27-20-,30-23+;;. The lowest BCUT2D eigenvalue weighted by atomic mass is 9.98. The Morgan fingerprint density at radius 3 is 2.40 bits per heavy atom. The van der Waals surface area contributed by atoms with Gasteiger partial charge in [0, 0.05) is 30.7 Å². The second-order valence-corrected chi connectivity index (χ2v) is 11.9. The highest BCUT2D eigenvalue weighted by Crippen LogP contribution is 2.32. The average Bonchev–Trinajstić information content (AvgIpc) is 3.03. The van der Waals surface area contributed by atoms with Crippen LogP contribution < -0.4 is 5.32 Å². The number of piperidine rings is 1. The number of hydrogen-bond donors (Lipinski definition) is 2. The molecule has 1 aromatic carbocycles. The van der Waals surface area contributed by atoms with E-state index in [1.165, 1.54) is 12.1 Å². The quantitative estimate of drug-likeness (QED) is 0.162. The van der Waals surface area contributed by atoms with Gasteiger partial charge in [-0.05, 0) is 94.9 Å². The number of anilines is 1. The van der Waals surface area contributed by atoms with Crippen LogP contribution in [0.15, 0.2) is 82.0 Å². The van der Waals surface area contributed by atoms with Crippen molar-refractivity contribution in [3.63, 3.8) is 0 Å². The summed E-state index contributed by atoms with van der Waals surface area (Å²) < 4.78 is 25.9. The van der Waals surface area contributed by atoms with Crippen LogP contribution in [0.4, 0.5) is 14.9 Å². The number of amidine groups is 1. The largest absolute Gasteiger partial charge is 0.494 e. The van der Waals surface area contributed by atoms with Gasteiger partial charge < -0.3 is 24.8 Å². The van der Waals surface area contributed by atoms with E-state index in [1.54, 1.807) is 24.1 Å². The summed E-state index contributed by atoms with van der Waals surface area (Å²) in [5.74, 6) is -0.438. The monoisotopic (exact) mass is 668 g/mol. The highest BCUT2D eigenvalue weighted by atomic mass is 19.1. The number of ether oxygens (including phenoxy) is 2. The van der Waals surface area contributed by atoms with E-state index in [0.717, 1.165) is 28.8 Å². The van der Waals surface area contributed by atoms with Crippen LogP contribution >= 0.6 is 0 Å². The minimum atomic E-state index is -1.09. The topological polar surface area (TPSA) is 104 Å². The predicted octanol–water partition coefficient (Wildman–Crippen LogP) is 9.22. The number of hydrogen-bond acceptors (Lipinski definition) is 6. The SMILES string of the molecule is C=C1CN(C(/C=C/CC)=C(\C)C2=C(C)OCCN2C(=O)OC(C)(C)C)CC/C1=C/N=C(C)Nc1ccc(CC(=O)O)c(F)c1.CC.CC. The number of nitrogens with zero attached hydrogens (tertiary/aromatic N) is 3. The van der Waals surface area contributed by atoms with Gasteiger partial charge in [-0.1, -0.05) is 53.3 Å². The van der Waals surface area contributed by atoms with Gasteiger partial charge in [0.1, 0.15) is 29.6 Å². The third-order valence-electron chi connectivity index (χ3n) is 7.06. The Kier molecular flexibility index (Phi) is 17.5. The Labute approximate surface area is 287 Å². The number of amides is 1. The third-order valence-corrected chi connectivity index (χ3v) is 7.06. The molecule has 0 saturated carbocycles. The van der Waals surface area contributed by atoms with Crippen LogP contribution in [0, 0.1) is 5.82 Å². The van der Waals surface area contributed by atoms with Crippen molar-refractivity contribution in [3.8, 4) is 0 Å². The van der Waals surface area contributed by atoms with E-state index in [-0.39, 0.29) is 12.0 Å². The molecule has 0 radical (unpaired) electrons. The Morgan fingerprint density at radius 1 is 1.17 bits per heavy atom. The molecule has 1 amide bonds. The molecule has 2 N–H and O–H groups in total. The number of likely N-dealkylation sites (tertiary alicyclic amines) is 1. The van der Waals surface area contributed by atoms with E-state index in [9.17, 15) is 14.0 Å². The summed E-state index contributed by atoms with van der Waals surface area (Å²) in [5.41, 5.74) is 4.52. The highest BCUT2D eigenvalue weighted by Gasteiger charge is 2.32. The van der Waals surface area contributed by atoms with Gasteiger partial charge in [-0.15, -0.1) is 0 Å².